The first-order valence-corrected chi connectivity index (χ1v) is 7.50. The lowest BCUT2D eigenvalue weighted by atomic mass is 9.91. The molecule has 0 aliphatic carbocycles. The van der Waals surface area contributed by atoms with Crippen molar-refractivity contribution in [1.29, 1.82) is 0 Å². The summed E-state index contributed by atoms with van der Waals surface area (Å²) in [4.78, 5) is 26.7. The van der Waals surface area contributed by atoms with Crippen LogP contribution in [0, 0.1) is 0 Å². The zero-order valence-corrected chi connectivity index (χ0v) is 12.3. The second kappa shape index (κ2) is 5.85. The summed E-state index contributed by atoms with van der Waals surface area (Å²) in [5, 5.41) is 3.42. The number of carbonyl (C=O) groups is 2. The Hall–Kier alpha value is -1.88. The van der Waals surface area contributed by atoms with Gasteiger partial charge in [-0.2, -0.15) is 0 Å². The van der Waals surface area contributed by atoms with E-state index in [-0.39, 0.29) is 24.9 Å². The molecule has 1 aromatic rings. The molecule has 0 radical (unpaired) electrons. The molecule has 21 heavy (non-hydrogen) atoms. The number of rotatable bonds is 2. The number of hydrogen-bond donors (Lipinski definition) is 1. The monoisotopic (exact) mass is 287 g/mol. The molecule has 112 valence electrons. The van der Waals surface area contributed by atoms with Crippen molar-refractivity contribution in [2.75, 3.05) is 38.1 Å². The lowest BCUT2D eigenvalue weighted by Gasteiger charge is -2.32. The molecule has 2 aliphatic rings. The van der Waals surface area contributed by atoms with Crippen LogP contribution in [0.5, 0.6) is 0 Å². The fourth-order valence-corrected chi connectivity index (χ4v) is 3.03. The van der Waals surface area contributed by atoms with Crippen LogP contribution in [0.4, 0.5) is 5.69 Å². The van der Waals surface area contributed by atoms with E-state index in [0.29, 0.717) is 5.92 Å². The van der Waals surface area contributed by atoms with E-state index >= 15 is 0 Å². The van der Waals surface area contributed by atoms with E-state index in [1.165, 1.54) is 23.3 Å². The average molecular weight is 287 g/mol. The van der Waals surface area contributed by atoms with Gasteiger partial charge in [0, 0.05) is 19.3 Å². The smallest absolute Gasteiger partial charge is 0.248 e. The van der Waals surface area contributed by atoms with Crippen molar-refractivity contribution in [2.24, 2.45) is 0 Å². The summed E-state index contributed by atoms with van der Waals surface area (Å²) in [6.45, 7) is 2.64. The normalized spacial score (nSPS) is 23.6. The minimum absolute atomic E-state index is 0.143. The zero-order valence-electron chi connectivity index (χ0n) is 12.3. The minimum Gasteiger partial charge on any atom is -0.353 e. The third-order valence-corrected chi connectivity index (χ3v) is 4.40. The summed E-state index contributed by atoms with van der Waals surface area (Å²) < 4.78 is 0. The molecule has 2 fully saturated rings. The number of imide groups is 1. The predicted octanol–water partition coefficient (Wildman–Crippen LogP) is 0.959. The first kappa shape index (κ1) is 14.1. The fraction of sp³-hybridized carbons (Fsp3) is 0.500. The van der Waals surface area contributed by atoms with Crippen molar-refractivity contribution >= 4 is 17.5 Å². The van der Waals surface area contributed by atoms with Crippen molar-refractivity contribution in [3.8, 4) is 0 Å². The van der Waals surface area contributed by atoms with Crippen LogP contribution >= 0.6 is 0 Å². The second-order valence-electron chi connectivity index (χ2n) is 5.84. The van der Waals surface area contributed by atoms with Gasteiger partial charge in [-0.05, 0) is 43.0 Å². The summed E-state index contributed by atoms with van der Waals surface area (Å²) in [6.07, 6.45) is 2.39. The number of anilines is 1. The molecule has 2 saturated heterocycles. The molecule has 1 unspecified atom stereocenters. The van der Waals surface area contributed by atoms with Gasteiger partial charge in [0.05, 0.1) is 13.1 Å². The zero-order chi connectivity index (χ0) is 14.8. The molecule has 0 bridgehead atoms. The molecule has 1 aromatic carbocycles. The van der Waals surface area contributed by atoms with Crippen LogP contribution in [0.1, 0.15) is 24.3 Å². The third-order valence-electron chi connectivity index (χ3n) is 4.40. The highest BCUT2D eigenvalue weighted by Crippen LogP contribution is 2.27. The van der Waals surface area contributed by atoms with Gasteiger partial charge in [0.1, 0.15) is 0 Å². The molecular formula is C16H21N3O2. The lowest BCUT2D eigenvalue weighted by Crippen LogP contribution is -2.52. The Labute approximate surface area is 124 Å². The largest absolute Gasteiger partial charge is 0.353 e. The number of piperidine rings is 1. The molecule has 3 rings (SSSR count). The van der Waals surface area contributed by atoms with E-state index in [0.717, 1.165) is 18.8 Å². The van der Waals surface area contributed by atoms with E-state index in [4.69, 9.17) is 0 Å². The van der Waals surface area contributed by atoms with Crippen molar-refractivity contribution in [2.45, 2.75) is 18.8 Å². The van der Waals surface area contributed by atoms with Gasteiger partial charge in [0.2, 0.25) is 11.8 Å². The van der Waals surface area contributed by atoms with Gasteiger partial charge in [-0.25, -0.2) is 0 Å². The van der Waals surface area contributed by atoms with E-state index < -0.39 is 0 Å². The standard InChI is InChI=1S/C16H21N3O2/c1-18-15(20)10-19(11-16(18)21)14-6-2-4-12(8-14)13-5-3-7-17-9-13/h2,4,6,8,13,17H,3,5,7,9-11H2,1H3. The topological polar surface area (TPSA) is 52.7 Å². The maximum Gasteiger partial charge on any atom is 0.248 e. The molecule has 5 heteroatoms. The first-order valence-electron chi connectivity index (χ1n) is 7.50. The molecule has 2 aliphatic heterocycles. The quantitative estimate of drug-likeness (QED) is 0.823. The first-order chi connectivity index (χ1) is 10.1. The lowest BCUT2D eigenvalue weighted by molar-refractivity contribution is -0.143. The van der Waals surface area contributed by atoms with Gasteiger partial charge in [-0.3, -0.25) is 14.5 Å². The predicted molar refractivity (Wildman–Crippen MR) is 81.3 cm³/mol. The SMILES string of the molecule is CN1C(=O)CN(c2cccc(C3CCCNC3)c2)CC1=O. The second-order valence-corrected chi connectivity index (χ2v) is 5.84. The number of nitrogens with zero attached hydrogens (tertiary/aromatic N) is 2. The van der Waals surface area contributed by atoms with Crippen molar-refractivity contribution in [3.63, 3.8) is 0 Å². The van der Waals surface area contributed by atoms with Crippen LogP contribution in [-0.4, -0.2) is 49.9 Å². The van der Waals surface area contributed by atoms with E-state index in [2.05, 4.69) is 17.4 Å². The molecule has 1 atom stereocenters. The number of likely N-dealkylation sites (N-methyl/N-ethyl adjacent to an activating group) is 1. The number of nitrogens with one attached hydrogen (secondary N) is 1. The maximum atomic E-state index is 11.8. The van der Waals surface area contributed by atoms with Crippen molar-refractivity contribution in [3.05, 3.63) is 29.8 Å². The minimum atomic E-state index is -0.143. The van der Waals surface area contributed by atoms with E-state index in [9.17, 15) is 9.59 Å². The average Bonchev–Trinajstić information content (AvgIpc) is 2.53. The Balaban J connectivity index is 1.79. The van der Waals surface area contributed by atoms with Crippen LogP contribution < -0.4 is 10.2 Å². The number of hydrogen-bond acceptors (Lipinski definition) is 4. The molecule has 5 nitrogen and oxygen atoms in total. The highest BCUT2D eigenvalue weighted by molar-refractivity contribution is 6.02. The van der Waals surface area contributed by atoms with Gasteiger partial charge >= 0.3 is 0 Å². The van der Waals surface area contributed by atoms with Crippen LogP contribution in [0.15, 0.2) is 24.3 Å². The Kier molecular flexibility index (Phi) is 3.92. The third kappa shape index (κ3) is 2.93. The molecule has 0 aromatic heterocycles. The molecule has 2 heterocycles. The summed E-state index contributed by atoms with van der Waals surface area (Å²) in [6, 6.07) is 8.27. The summed E-state index contributed by atoms with van der Waals surface area (Å²) in [5.41, 5.74) is 2.26. The van der Waals surface area contributed by atoms with Gasteiger partial charge in [-0.15, -0.1) is 0 Å². The number of piperazine rings is 1. The highest BCUT2D eigenvalue weighted by atomic mass is 16.2. The van der Waals surface area contributed by atoms with E-state index in [1.807, 2.05) is 17.0 Å². The molecule has 1 N–H and O–H groups in total. The summed E-state index contributed by atoms with van der Waals surface area (Å²) in [5.74, 6) is 0.240. The highest BCUT2D eigenvalue weighted by Gasteiger charge is 2.28. The van der Waals surface area contributed by atoms with Crippen molar-refractivity contribution < 1.29 is 9.59 Å². The van der Waals surface area contributed by atoms with Crippen LogP contribution in [-0.2, 0) is 9.59 Å². The van der Waals surface area contributed by atoms with Crippen LogP contribution in [0.3, 0.4) is 0 Å². The van der Waals surface area contributed by atoms with Gasteiger partial charge in [0.15, 0.2) is 0 Å². The van der Waals surface area contributed by atoms with Gasteiger partial charge in [-0.1, -0.05) is 12.1 Å². The van der Waals surface area contributed by atoms with Gasteiger partial charge in [0.25, 0.3) is 0 Å². The summed E-state index contributed by atoms with van der Waals surface area (Å²) in [7, 11) is 1.55. The molecule has 2 amide bonds. The Morgan fingerprint density at radius 2 is 1.95 bits per heavy atom. The van der Waals surface area contributed by atoms with Crippen LogP contribution in [0.2, 0.25) is 0 Å². The number of carbonyl (C=O) groups excluding carboxylic acids is 2. The Morgan fingerprint density at radius 1 is 1.19 bits per heavy atom. The van der Waals surface area contributed by atoms with Crippen molar-refractivity contribution in [1.82, 2.24) is 10.2 Å². The Bertz CT molecular complexity index is 534. The Morgan fingerprint density at radius 3 is 2.62 bits per heavy atom. The number of amides is 2. The summed E-state index contributed by atoms with van der Waals surface area (Å²) >= 11 is 0. The van der Waals surface area contributed by atoms with E-state index in [1.54, 1.807) is 7.05 Å². The molecule has 0 spiro atoms. The van der Waals surface area contributed by atoms with Crippen LogP contribution in [0.25, 0.3) is 0 Å². The number of benzene rings is 1. The van der Waals surface area contributed by atoms with Gasteiger partial charge < -0.3 is 10.2 Å². The maximum absolute atomic E-state index is 11.8. The molecule has 0 saturated carbocycles. The fourth-order valence-electron chi connectivity index (χ4n) is 3.03. The molecular weight excluding hydrogens is 266 g/mol.